The maximum Gasteiger partial charge on any atom is 0.161 e. The molecule has 0 amide bonds. The number of thiophene rings is 2. The van der Waals surface area contributed by atoms with Crippen LogP contribution in [0.4, 0.5) is 4.39 Å². The van der Waals surface area contributed by atoms with Crippen molar-refractivity contribution < 1.29 is 24.5 Å². The summed E-state index contributed by atoms with van der Waals surface area (Å²) in [5, 5.41) is 40.0. The van der Waals surface area contributed by atoms with Gasteiger partial charge in [0.25, 0.3) is 0 Å². The molecule has 0 aliphatic carbocycles. The molecule has 3 heterocycles. The molecule has 12 heteroatoms. The summed E-state index contributed by atoms with van der Waals surface area (Å²) in [7, 11) is 0. The lowest BCUT2D eigenvalue weighted by Crippen LogP contribution is -2.39. The summed E-state index contributed by atoms with van der Waals surface area (Å²) in [6.07, 6.45) is -4.15. The number of nitrogens with zero attached hydrogens (tertiary/aromatic N) is 3. The molecule has 0 spiro atoms. The number of hydrogen-bond acceptors (Lipinski definition) is 8. The number of aliphatic hydroxyl groups is 3. The van der Waals surface area contributed by atoms with Gasteiger partial charge in [0.1, 0.15) is 30.7 Å². The number of alkyl halides is 1. The average Bonchev–Trinajstić information content (AvgIpc) is 3.61. The summed E-state index contributed by atoms with van der Waals surface area (Å²) < 4.78 is 14.2. The van der Waals surface area contributed by atoms with Gasteiger partial charge in [0.05, 0.1) is 27.5 Å². The van der Waals surface area contributed by atoms with Crippen molar-refractivity contribution in [3.63, 3.8) is 0 Å². The van der Waals surface area contributed by atoms with E-state index >= 15 is 0 Å². The van der Waals surface area contributed by atoms with Crippen LogP contribution in [0, 0.1) is 6.92 Å². The van der Waals surface area contributed by atoms with Gasteiger partial charge in [-0.25, -0.2) is 9.07 Å². The Hall–Kier alpha value is -2.31. The van der Waals surface area contributed by atoms with Crippen LogP contribution in [0.1, 0.15) is 11.3 Å². The standard InChI is InChI=1S/C24H22Cl2FN3O4S2/c1-13-16(12-34-28-11-19(32)24(33)18(31)10-27)29-30(17-5-4-14(25)9-15(17)26)23(13)22-7-6-21(36-22)20-3-2-8-35-20/h2-9,11,18-19,24,31-33H,10,12H2,1H3/b28-11+/t18-,19+,24-/m1/s1. The Balaban J connectivity index is 1.64. The monoisotopic (exact) mass is 569 g/mol. The van der Waals surface area contributed by atoms with Gasteiger partial charge in [-0.1, -0.05) is 34.4 Å². The van der Waals surface area contributed by atoms with E-state index in [-0.39, 0.29) is 6.61 Å². The first kappa shape index (κ1) is 26.7. The van der Waals surface area contributed by atoms with Crippen molar-refractivity contribution >= 4 is 52.1 Å². The molecule has 4 rings (SSSR count). The third kappa shape index (κ3) is 5.81. The van der Waals surface area contributed by atoms with Gasteiger partial charge in [-0.2, -0.15) is 5.10 Å². The van der Waals surface area contributed by atoms with Crippen LogP contribution in [-0.2, 0) is 11.4 Å². The first-order valence-electron chi connectivity index (χ1n) is 10.7. The average molecular weight is 570 g/mol. The minimum atomic E-state index is -1.72. The van der Waals surface area contributed by atoms with Crippen LogP contribution < -0.4 is 0 Å². The highest BCUT2D eigenvalue weighted by Crippen LogP contribution is 2.40. The molecule has 0 radical (unpaired) electrons. The van der Waals surface area contributed by atoms with E-state index < -0.39 is 25.0 Å². The molecular weight excluding hydrogens is 548 g/mol. The minimum Gasteiger partial charge on any atom is -0.389 e. The van der Waals surface area contributed by atoms with Gasteiger partial charge in [-0.15, -0.1) is 22.7 Å². The SMILES string of the molecule is Cc1c(CO/N=C/[C@H](O)[C@H](O)[C@H](O)CF)nn(-c2ccc(Cl)cc2Cl)c1-c1ccc(-c2cccs2)s1. The predicted octanol–water partition coefficient (Wildman–Crippen LogP) is 5.50. The number of oxime groups is 1. The number of hydrogen-bond donors (Lipinski definition) is 3. The highest BCUT2D eigenvalue weighted by Gasteiger charge is 2.24. The van der Waals surface area contributed by atoms with E-state index in [0.29, 0.717) is 21.4 Å². The Kier molecular flexibility index (Phi) is 8.78. The molecule has 190 valence electrons. The highest BCUT2D eigenvalue weighted by molar-refractivity contribution is 7.23. The molecule has 36 heavy (non-hydrogen) atoms. The largest absolute Gasteiger partial charge is 0.389 e. The van der Waals surface area contributed by atoms with Gasteiger partial charge in [0.15, 0.2) is 6.61 Å². The number of rotatable bonds is 10. The maximum atomic E-state index is 12.5. The van der Waals surface area contributed by atoms with E-state index in [4.69, 9.17) is 33.1 Å². The maximum absolute atomic E-state index is 12.5. The predicted molar refractivity (Wildman–Crippen MR) is 142 cm³/mol. The van der Waals surface area contributed by atoms with Gasteiger partial charge >= 0.3 is 0 Å². The molecule has 0 saturated heterocycles. The molecule has 0 saturated carbocycles. The number of aliphatic hydroxyl groups excluding tert-OH is 3. The fourth-order valence-corrected chi connectivity index (χ4v) is 5.84. The van der Waals surface area contributed by atoms with Crippen molar-refractivity contribution in [2.75, 3.05) is 6.67 Å². The second-order valence-electron chi connectivity index (χ2n) is 7.80. The molecule has 0 fully saturated rings. The summed E-state index contributed by atoms with van der Waals surface area (Å²) in [5.74, 6) is 0. The summed E-state index contributed by atoms with van der Waals surface area (Å²) in [6, 6.07) is 13.3. The van der Waals surface area contributed by atoms with Crippen molar-refractivity contribution in [1.82, 2.24) is 9.78 Å². The van der Waals surface area contributed by atoms with Crippen LogP contribution in [0.15, 0.2) is 53.0 Å². The van der Waals surface area contributed by atoms with E-state index in [1.54, 1.807) is 45.6 Å². The number of halogens is 3. The number of benzene rings is 1. The van der Waals surface area contributed by atoms with Gasteiger partial charge in [0, 0.05) is 20.3 Å². The van der Waals surface area contributed by atoms with Crippen LogP contribution in [0.3, 0.4) is 0 Å². The van der Waals surface area contributed by atoms with E-state index in [0.717, 1.165) is 32.1 Å². The van der Waals surface area contributed by atoms with Gasteiger partial charge in [-0.05, 0) is 48.7 Å². The molecule has 0 bridgehead atoms. The van der Waals surface area contributed by atoms with Crippen LogP contribution in [0.2, 0.25) is 10.0 Å². The lowest BCUT2D eigenvalue weighted by Gasteiger charge is -2.17. The topological polar surface area (TPSA) is 100 Å². The van der Waals surface area contributed by atoms with Crippen LogP contribution in [0.25, 0.3) is 26.0 Å². The van der Waals surface area contributed by atoms with E-state index in [9.17, 15) is 19.7 Å². The Morgan fingerprint density at radius 3 is 2.61 bits per heavy atom. The van der Waals surface area contributed by atoms with Crippen LogP contribution in [-0.4, -0.2) is 56.3 Å². The Morgan fingerprint density at radius 2 is 1.92 bits per heavy atom. The zero-order valence-electron chi connectivity index (χ0n) is 18.9. The highest BCUT2D eigenvalue weighted by atomic mass is 35.5. The van der Waals surface area contributed by atoms with Crippen molar-refractivity contribution in [3.8, 4) is 26.0 Å². The lowest BCUT2D eigenvalue weighted by atomic mass is 10.1. The first-order valence-corrected chi connectivity index (χ1v) is 13.2. The molecule has 3 N–H and O–H groups in total. The van der Waals surface area contributed by atoms with Crippen molar-refractivity contribution in [2.45, 2.75) is 31.8 Å². The van der Waals surface area contributed by atoms with Crippen LogP contribution >= 0.6 is 45.9 Å². The second kappa shape index (κ2) is 11.8. The van der Waals surface area contributed by atoms with Gasteiger partial charge in [0.2, 0.25) is 0 Å². The minimum absolute atomic E-state index is 0.0504. The fourth-order valence-electron chi connectivity index (χ4n) is 3.42. The lowest BCUT2D eigenvalue weighted by molar-refractivity contribution is -0.0426. The van der Waals surface area contributed by atoms with E-state index in [1.165, 1.54) is 0 Å². The van der Waals surface area contributed by atoms with Gasteiger partial charge in [-0.3, -0.25) is 0 Å². The molecule has 0 aliphatic rings. The quantitative estimate of drug-likeness (QED) is 0.173. The fraction of sp³-hybridized carbons (Fsp3) is 0.250. The van der Waals surface area contributed by atoms with E-state index in [2.05, 4.69) is 17.3 Å². The Labute approximate surface area is 224 Å². The smallest absolute Gasteiger partial charge is 0.161 e. The molecular formula is C24H22Cl2FN3O4S2. The summed E-state index contributed by atoms with van der Waals surface area (Å²) in [4.78, 5) is 8.55. The summed E-state index contributed by atoms with van der Waals surface area (Å²) in [6.45, 7) is 0.660. The van der Waals surface area contributed by atoms with Crippen molar-refractivity contribution in [3.05, 3.63) is 69.1 Å². The Morgan fingerprint density at radius 1 is 1.14 bits per heavy atom. The molecule has 0 unspecified atom stereocenters. The third-order valence-corrected chi connectivity index (χ3v) is 8.05. The Bertz CT molecular complexity index is 1340. The molecule has 7 nitrogen and oxygen atoms in total. The van der Waals surface area contributed by atoms with Crippen molar-refractivity contribution in [2.24, 2.45) is 5.16 Å². The third-order valence-electron chi connectivity index (χ3n) is 5.35. The molecule has 3 atom stereocenters. The molecule has 0 aliphatic heterocycles. The summed E-state index contributed by atoms with van der Waals surface area (Å²) in [5.41, 5.74) is 2.87. The zero-order valence-corrected chi connectivity index (χ0v) is 22.0. The van der Waals surface area contributed by atoms with E-state index in [1.807, 2.05) is 24.4 Å². The van der Waals surface area contributed by atoms with Crippen molar-refractivity contribution in [1.29, 1.82) is 0 Å². The molecule has 4 aromatic rings. The zero-order chi connectivity index (χ0) is 25.8. The molecule has 3 aromatic heterocycles. The van der Waals surface area contributed by atoms with Gasteiger partial charge < -0.3 is 20.2 Å². The first-order chi connectivity index (χ1) is 17.3. The summed E-state index contributed by atoms with van der Waals surface area (Å²) >= 11 is 15.9. The van der Waals surface area contributed by atoms with Crippen LogP contribution in [0.5, 0.6) is 0 Å². The normalized spacial score (nSPS) is 14.3. The second-order valence-corrected chi connectivity index (χ2v) is 10.7. The number of aromatic nitrogens is 2. The molecule has 1 aromatic carbocycles.